The summed E-state index contributed by atoms with van der Waals surface area (Å²) < 4.78 is 28.5. The van der Waals surface area contributed by atoms with Crippen LogP contribution in [0.2, 0.25) is 0 Å². The van der Waals surface area contributed by atoms with Crippen LogP contribution in [0.3, 0.4) is 0 Å². The Morgan fingerprint density at radius 3 is 2.50 bits per heavy atom. The monoisotopic (exact) mass is 427 g/mol. The normalized spacial score (nSPS) is 16.1. The molecule has 2 amide bonds. The summed E-state index contributed by atoms with van der Waals surface area (Å²) in [5, 5.41) is 13.0. The number of nitrogens with zero attached hydrogens (tertiary/aromatic N) is 1. The molecule has 3 aromatic rings. The van der Waals surface area contributed by atoms with Gasteiger partial charge >= 0.3 is 12.0 Å². The quantitative estimate of drug-likeness (QED) is 0.577. The molecular formula is C21H21N3O5S. The zero-order valence-electron chi connectivity index (χ0n) is 16.0. The van der Waals surface area contributed by atoms with Gasteiger partial charge in [0, 0.05) is 22.6 Å². The lowest BCUT2D eigenvalue weighted by Crippen LogP contribution is -2.46. The highest BCUT2D eigenvalue weighted by atomic mass is 32.2. The van der Waals surface area contributed by atoms with Crippen LogP contribution in [0.5, 0.6) is 0 Å². The Balaban J connectivity index is 1.52. The van der Waals surface area contributed by atoms with Gasteiger partial charge in [-0.15, -0.1) is 0 Å². The number of urea groups is 1. The van der Waals surface area contributed by atoms with Crippen LogP contribution in [0.4, 0.5) is 4.79 Å². The number of sulfonamides is 1. The highest BCUT2D eigenvalue weighted by molar-refractivity contribution is 7.90. The van der Waals surface area contributed by atoms with Crippen LogP contribution in [0.15, 0.2) is 59.5 Å². The number of aromatic nitrogens is 1. The summed E-state index contributed by atoms with van der Waals surface area (Å²) in [6, 6.07) is 14.2. The van der Waals surface area contributed by atoms with Gasteiger partial charge in [-0.2, -0.15) is 0 Å². The van der Waals surface area contributed by atoms with Crippen molar-refractivity contribution < 1.29 is 23.1 Å². The Labute approximate surface area is 173 Å². The number of hydrogen-bond donors (Lipinski definition) is 3. The Kier molecular flexibility index (Phi) is 5.21. The second kappa shape index (κ2) is 7.83. The van der Waals surface area contributed by atoms with Crippen molar-refractivity contribution >= 4 is 32.9 Å². The van der Waals surface area contributed by atoms with Gasteiger partial charge in [-0.3, -0.25) is 4.79 Å². The summed E-state index contributed by atoms with van der Waals surface area (Å²) in [5.41, 5.74) is 2.80. The molecule has 156 valence electrons. The molecule has 4 rings (SSSR count). The molecule has 0 aliphatic heterocycles. The highest BCUT2D eigenvalue weighted by Gasteiger charge is 2.28. The van der Waals surface area contributed by atoms with Crippen molar-refractivity contribution in [1.82, 2.24) is 14.6 Å². The van der Waals surface area contributed by atoms with Crippen molar-refractivity contribution in [3.63, 3.8) is 0 Å². The molecule has 0 bridgehead atoms. The topological polar surface area (TPSA) is 118 Å². The molecule has 1 atom stereocenters. The van der Waals surface area contributed by atoms with E-state index in [0.717, 1.165) is 22.2 Å². The number of rotatable bonds is 5. The minimum absolute atomic E-state index is 0.0165. The molecule has 0 saturated carbocycles. The standard InChI is InChI=1S/C21H21N3O5S/c25-20(26)13-24-18-9-5-4-8-16(18)17-12-14(10-11-19(17)24)22-21(27)23-30(28,29)15-6-2-1-3-7-15/h1-9,14H,10-13H2,(H,25,26)(H2,22,23,27)/t14-/m1/s1. The molecule has 0 spiro atoms. The lowest BCUT2D eigenvalue weighted by atomic mass is 9.91. The van der Waals surface area contributed by atoms with Gasteiger partial charge in [0.05, 0.1) is 4.90 Å². The molecular weight excluding hydrogens is 406 g/mol. The fourth-order valence-electron chi connectivity index (χ4n) is 4.04. The van der Waals surface area contributed by atoms with Crippen LogP contribution in [0.1, 0.15) is 17.7 Å². The van der Waals surface area contributed by atoms with E-state index in [1.165, 1.54) is 12.1 Å². The fraction of sp³-hybridized carbons (Fsp3) is 0.238. The Hall–Kier alpha value is -3.33. The van der Waals surface area contributed by atoms with E-state index < -0.39 is 22.0 Å². The molecule has 0 unspecified atom stereocenters. The van der Waals surface area contributed by atoms with Gasteiger partial charge in [0.15, 0.2) is 0 Å². The third-order valence-electron chi connectivity index (χ3n) is 5.28. The highest BCUT2D eigenvalue weighted by Crippen LogP contribution is 2.32. The van der Waals surface area contributed by atoms with E-state index in [2.05, 4.69) is 10.0 Å². The molecule has 1 aromatic heterocycles. The first-order valence-electron chi connectivity index (χ1n) is 9.54. The average Bonchev–Trinajstić information content (AvgIpc) is 3.01. The van der Waals surface area contributed by atoms with Crippen LogP contribution < -0.4 is 10.0 Å². The smallest absolute Gasteiger partial charge is 0.328 e. The third kappa shape index (κ3) is 3.88. The van der Waals surface area contributed by atoms with E-state index in [0.29, 0.717) is 19.3 Å². The number of carboxylic acid groups (broad SMARTS) is 1. The zero-order chi connectivity index (χ0) is 21.3. The summed E-state index contributed by atoms with van der Waals surface area (Å²) in [6.45, 7) is -0.121. The number of para-hydroxylation sites is 1. The van der Waals surface area contributed by atoms with E-state index in [1.807, 2.05) is 28.8 Å². The number of fused-ring (bicyclic) bond motifs is 3. The predicted molar refractivity (Wildman–Crippen MR) is 111 cm³/mol. The molecule has 8 nitrogen and oxygen atoms in total. The lowest BCUT2D eigenvalue weighted by Gasteiger charge is -2.25. The Morgan fingerprint density at radius 2 is 1.77 bits per heavy atom. The van der Waals surface area contributed by atoms with E-state index in [1.54, 1.807) is 18.2 Å². The Morgan fingerprint density at radius 1 is 1.07 bits per heavy atom. The van der Waals surface area contributed by atoms with Gasteiger partial charge in [0.1, 0.15) is 6.54 Å². The van der Waals surface area contributed by atoms with Crippen molar-refractivity contribution in [2.24, 2.45) is 0 Å². The van der Waals surface area contributed by atoms with Crippen molar-refractivity contribution in [1.29, 1.82) is 0 Å². The van der Waals surface area contributed by atoms with Gasteiger partial charge in [-0.05, 0) is 43.0 Å². The van der Waals surface area contributed by atoms with Crippen LogP contribution >= 0.6 is 0 Å². The van der Waals surface area contributed by atoms with Crippen LogP contribution in [-0.4, -0.2) is 36.1 Å². The van der Waals surface area contributed by atoms with Gasteiger partial charge in [-0.25, -0.2) is 17.9 Å². The van der Waals surface area contributed by atoms with E-state index in [9.17, 15) is 23.1 Å². The van der Waals surface area contributed by atoms with Gasteiger partial charge in [-0.1, -0.05) is 36.4 Å². The van der Waals surface area contributed by atoms with Gasteiger partial charge in [0.2, 0.25) is 0 Å². The predicted octanol–water partition coefficient (Wildman–Crippen LogP) is 2.27. The number of carbonyl (C=O) groups is 2. The number of carbonyl (C=O) groups excluding carboxylic acids is 1. The first-order valence-corrected chi connectivity index (χ1v) is 11.0. The summed E-state index contributed by atoms with van der Waals surface area (Å²) in [5.74, 6) is -0.913. The molecule has 1 aliphatic rings. The zero-order valence-corrected chi connectivity index (χ0v) is 16.9. The largest absolute Gasteiger partial charge is 0.480 e. The van der Waals surface area contributed by atoms with Crippen molar-refractivity contribution in [2.75, 3.05) is 0 Å². The number of carboxylic acids is 1. The molecule has 3 N–H and O–H groups in total. The lowest BCUT2D eigenvalue weighted by molar-refractivity contribution is -0.137. The molecule has 9 heteroatoms. The second-order valence-electron chi connectivity index (χ2n) is 7.25. The van der Waals surface area contributed by atoms with Crippen LogP contribution in [0.25, 0.3) is 10.9 Å². The number of aliphatic carboxylic acids is 1. The summed E-state index contributed by atoms with van der Waals surface area (Å²) in [4.78, 5) is 23.7. The molecule has 0 radical (unpaired) electrons. The molecule has 0 saturated heterocycles. The van der Waals surface area contributed by atoms with Gasteiger partial charge in [0.25, 0.3) is 10.0 Å². The molecule has 1 heterocycles. The first-order chi connectivity index (χ1) is 14.3. The molecule has 30 heavy (non-hydrogen) atoms. The van der Waals surface area contributed by atoms with Crippen molar-refractivity contribution in [3.05, 3.63) is 65.9 Å². The molecule has 2 aromatic carbocycles. The number of amides is 2. The minimum Gasteiger partial charge on any atom is -0.480 e. The number of benzene rings is 2. The number of nitrogens with one attached hydrogen (secondary N) is 2. The minimum atomic E-state index is -3.95. The molecule has 1 aliphatic carbocycles. The van der Waals surface area contributed by atoms with Crippen LogP contribution in [0, 0.1) is 0 Å². The number of hydrogen-bond acceptors (Lipinski definition) is 4. The maximum Gasteiger partial charge on any atom is 0.328 e. The summed E-state index contributed by atoms with van der Waals surface area (Å²) >= 11 is 0. The SMILES string of the molecule is O=C(O)Cn1c2c(c3ccccc31)C[C@H](NC(=O)NS(=O)(=O)c1ccccc1)CC2. The van der Waals surface area contributed by atoms with Crippen molar-refractivity contribution in [2.45, 2.75) is 36.7 Å². The van der Waals surface area contributed by atoms with E-state index in [4.69, 9.17) is 0 Å². The average molecular weight is 427 g/mol. The Bertz CT molecular complexity index is 1220. The third-order valence-corrected chi connectivity index (χ3v) is 6.63. The van der Waals surface area contributed by atoms with Crippen LogP contribution in [-0.2, 0) is 34.2 Å². The maximum atomic E-state index is 12.3. The molecule has 0 fully saturated rings. The summed E-state index contributed by atoms with van der Waals surface area (Å²) in [6.07, 6.45) is 1.68. The second-order valence-corrected chi connectivity index (χ2v) is 8.94. The van der Waals surface area contributed by atoms with Gasteiger partial charge < -0.3 is 15.0 Å². The summed E-state index contributed by atoms with van der Waals surface area (Å²) in [7, 11) is -3.95. The van der Waals surface area contributed by atoms with E-state index >= 15 is 0 Å². The first kappa shape index (κ1) is 20.0. The maximum absolute atomic E-state index is 12.3. The fourth-order valence-corrected chi connectivity index (χ4v) is 4.97. The van der Waals surface area contributed by atoms with Crippen molar-refractivity contribution in [3.8, 4) is 0 Å². The van der Waals surface area contributed by atoms with E-state index in [-0.39, 0.29) is 17.5 Å².